The molecular formula is C19H30N4O5S. The van der Waals surface area contributed by atoms with Crippen LogP contribution in [-0.2, 0) is 14.8 Å². The molecule has 0 unspecified atom stereocenters. The number of morpholine rings is 1. The van der Waals surface area contributed by atoms with E-state index in [2.05, 4.69) is 24.1 Å². The summed E-state index contributed by atoms with van der Waals surface area (Å²) in [5, 5.41) is 14.8. The van der Waals surface area contributed by atoms with Gasteiger partial charge in [-0.05, 0) is 38.8 Å². The first-order valence-corrected chi connectivity index (χ1v) is 11.5. The summed E-state index contributed by atoms with van der Waals surface area (Å²) >= 11 is 0. The molecule has 2 aliphatic rings. The minimum absolute atomic E-state index is 0.0240. The van der Waals surface area contributed by atoms with Gasteiger partial charge < -0.3 is 10.1 Å². The van der Waals surface area contributed by atoms with Crippen LogP contribution in [0, 0.1) is 10.1 Å². The molecule has 0 aliphatic carbocycles. The Hall–Kier alpha value is -1.75. The Bertz CT molecular complexity index is 831. The minimum Gasteiger partial charge on any atom is -0.379 e. The van der Waals surface area contributed by atoms with Gasteiger partial charge in [-0.3, -0.25) is 15.0 Å². The van der Waals surface area contributed by atoms with E-state index in [-0.39, 0.29) is 16.1 Å². The van der Waals surface area contributed by atoms with E-state index in [0.29, 0.717) is 38.5 Å². The van der Waals surface area contributed by atoms with Gasteiger partial charge in [-0.25, -0.2) is 8.42 Å². The van der Waals surface area contributed by atoms with Gasteiger partial charge >= 0.3 is 0 Å². The SMILES string of the molecule is CC(C)(CNc1ccc(S(=O)(=O)N2CCCCC2)cc1[N+](=O)[O-])N1CCOCC1. The van der Waals surface area contributed by atoms with Crippen LogP contribution in [0.15, 0.2) is 23.1 Å². The van der Waals surface area contributed by atoms with Crippen LogP contribution >= 0.6 is 0 Å². The number of hydrogen-bond acceptors (Lipinski definition) is 7. The summed E-state index contributed by atoms with van der Waals surface area (Å²) in [6, 6.07) is 4.14. The van der Waals surface area contributed by atoms with E-state index >= 15 is 0 Å². The second kappa shape index (κ2) is 8.95. The number of benzene rings is 1. The zero-order valence-electron chi connectivity index (χ0n) is 17.1. The van der Waals surface area contributed by atoms with Crippen LogP contribution in [0.4, 0.5) is 11.4 Å². The van der Waals surface area contributed by atoms with E-state index in [0.717, 1.165) is 32.4 Å². The zero-order valence-corrected chi connectivity index (χ0v) is 17.9. The van der Waals surface area contributed by atoms with Gasteiger partial charge in [0.25, 0.3) is 5.69 Å². The summed E-state index contributed by atoms with van der Waals surface area (Å²) in [7, 11) is -3.72. The Balaban J connectivity index is 1.78. The average Bonchev–Trinajstić information content (AvgIpc) is 2.73. The molecular weight excluding hydrogens is 396 g/mol. The van der Waals surface area contributed by atoms with Crippen LogP contribution in [0.25, 0.3) is 0 Å². The van der Waals surface area contributed by atoms with Crippen molar-refractivity contribution in [2.45, 2.75) is 43.5 Å². The van der Waals surface area contributed by atoms with Crippen molar-refractivity contribution >= 4 is 21.4 Å². The summed E-state index contributed by atoms with van der Waals surface area (Å²) in [5.74, 6) is 0. The molecule has 0 saturated carbocycles. The maximum atomic E-state index is 12.9. The number of ether oxygens (including phenoxy) is 1. The van der Waals surface area contributed by atoms with Crippen molar-refractivity contribution in [1.82, 2.24) is 9.21 Å². The van der Waals surface area contributed by atoms with E-state index in [9.17, 15) is 18.5 Å². The third-order valence-electron chi connectivity index (χ3n) is 5.70. The molecule has 3 rings (SSSR count). The fourth-order valence-electron chi connectivity index (χ4n) is 3.82. The van der Waals surface area contributed by atoms with Gasteiger partial charge in [-0.1, -0.05) is 6.42 Å². The lowest BCUT2D eigenvalue weighted by atomic mass is 10.0. The largest absolute Gasteiger partial charge is 0.379 e. The molecule has 162 valence electrons. The van der Waals surface area contributed by atoms with Gasteiger partial charge in [0.2, 0.25) is 10.0 Å². The van der Waals surface area contributed by atoms with Gasteiger partial charge in [0.1, 0.15) is 5.69 Å². The second-order valence-corrected chi connectivity index (χ2v) is 10.1. The van der Waals surface area contributed by atoms with E-state index in [1.807, 2.05) is 0 Å². The number of nitro groups is 1. The molecule has 0 spiro atoms. The Labute approximate surface area is 172 Å². The molecule has 0 radical (unpaired) electrons. The molecule has 10 heteroatoms. The van der Waals surface area contributed by atoms with Crippen LogP contribution < -0.4 is 5.32 Å². The summed E-state index contributed by atoms with van der Waals surface area (Å²) < 4.78 is 32.5. The quantitative estimate of drug-likeness (QED) is 0.527. The molecule has 9 nitrogen and oxygen atoms in total. The first-order valence-electron chi connectivity index (χ1n) is 10.1. The first-order chi connectivity index (χ1) is 13.7. The Morgan fingerprint density at radius 2 is 1.79 bits per heavy atom. The first kappa shape index (κ1) is 21.9. The summed E-state index contributed by atoms with van der Waals surface area (Å²) in [5.41, 5.74) is -0.120. The molecule has 1 aromatic carbocycles. The predicted molar refractivity (Wildman–Crippen MR) is 111 cm³/mol. The number of hydrogen-bond donors (Lipinski definition) is 1. The van der Waals surface area contributed by atoms with Crippen molar-refractivity contribution in [1.29, 1.82) is 0 Å². The molecule has 0 atom stereocenters. The Morgan fingerprint density at radius 3 is 2.41 bits per heavy atom. The van der Waals surface area contributed by atoms with E-state index in [1.165, 1.54) is 22.5 Å². The molecule has 0 amide bonds. The third-order valence-corrected chi connectivity index (χ3v) is 7.59. The highest BCUT2D eigenvalue weighted by Gasteiger charge is 2.31. The maximum absolute atomic E-state index is 12.9. The number of nitrogens with zero attached hydrogens (tertiary/aromatic N) is 3. The van der Waals surface area contributed by atoms with Crippen LogP contribution in [-0.4, -0.2) is 74.0 Å². The number of nitrogens with one attached hydrogen (secondary N) is 1. The lowest BCUT2D eigenvalue weighted by molar-refractivity contribution is -0.384. The van der Waals surface area contributed by atoms with Crippen molar-refractivity contribution < 1.29 is 18.1 Å². The van der Waals surface area contributed by atoms with Crippen molar-refractivity contribution in [2.75, 3.05) is 51.3 Å². The lowest BCUT2D eigenvalue weighted by Crippen LogP contribution is -2.53. The topological polar surface area (TPSA) is 105 Å². The molecule has 2 heterocycles. The van der Waals surface area contributed by atoms with E-state index < -0.39 is 14.9 Å². The number of sulfonamides is 1. The standard InChI is InChI=1S/C19H30N4O5S/c1-19(2,21-10-12-28-13-11-21)15-20-17-7-6-16(14-18(17)23(24)25)29(26,27)22-8-4-3-5-9-22/h6-7,14,20H,3-5,8-13,15H2,1-2H3. The summed E-state index contributed by atoms with van der Waals surface area (Å²) in [6.45, 7) is 8.53. The molecule has 1 aromatic rings. The average molecular weight is 427 g/mol. The third kappa shape index (κ3) is 5.06. The molecule has 2 saturated heterocycles. The fraction of sp³-hybridized carbons (Fsp3) is 0.684. The molecule has 2 fully saturated rings. The van der Waals surface area contributed by atoms with Crippen molar-refractivity contribution in [3.63, 3.8) is 0 Å². The molecule has 1 N–H and O–H groups in total. The minimum atomic E-state index is -3.72. The van der Waals surface area contributed by atoms with Gasteiger partial charge in [0, 0.05) is 44.3 Å². The van der Waals surface area contributed by atoms with Crippen molar-refractivity contribution in [3.8, 4) is 0 Å². The fourth-order valence-corrected chi connectivity index (χ4v) is 5.36. The maximum Gasteiger partial charge on any atom is 0.293 e. The van der Waals surface area contributed by atoms with Crippen LogP contribution in [0.2, 0.25) is 0 Å². The number of rotatable bonds is 7. The highest BCUT2D eigenvalue weighted by Crippen LogP contribution is 2.30. The number of piperidine rings is 1. The highest BCUT2D eigenvalue weighted by atomic mass is 32.2. The van der Waals surface area contributed by atoms with Gasteiger partial charge in [0.05, 0.1) is 23.0 Å². The van der Waals surface area contributed by atoms with Crippen molar-refractivity contribution in [3.05, 3.63) is 28.3 Å². The van der Waals surface area contributed by atoms with Gasteiger partial charge in [-0.2, -0.15) is 4.31 Å². The second-order valence-electron chi connectivity index (χ2n) is 8.17. The summed E-state index contributed by atoms with van der Waals surface area (Å²) in [4.78, 5) is 13.4. The smallest absolute Gasteiger partial charge is 0.293 e. The molecule has 2 aliphatic heterocycles. The van der Waals surface area contributed by atoms with E-state index in [4.69, 9.17) is 4.74 Å². The van der Waals surface area contributed by atoms with Crippen LogP contribution in [0.5, 0.6) is 0 Å². The normalized spacial score (nSPS) is 19.8. The lowest BCUT2D eigenvalue weighted by Gasteiger charge is -2.41. The van der Waals surface area contributed by atoms with Crippen molar-refractivity contribution in [2.24, 2.45) is 0 Å². The zero-order chi connectivity index (χ0) is 21.1. The molecule has 29 heavy (non-hydrogen) atoms. The predicted octanol–water partition coefficient (Wildman–Crippen LogP) is 2.29. The Kier molecular flexibility index (Phi) is 6.77. The number of anilines is 1. The van der Waals surface area contributed by atoms with Gasteiger partial charge in [0.15, 0.2) is 0 Å². The van der Waals surface area contributed by atoms with Crippen LogP contribution in [0.1, 0.15) is 33.1 Å². The molecule has 0 aromatic heterocycles. The monoisotopic (exact) mass is 426 g/mol. The van der Waals surface area contributed by atoms with Gasteiger partial charge in [-0.15, -0.1) is 0 Å². The number of nitro benzene ring substituents is 1. The molecule has 0 bridgehead atoms. The van der Waals surface area contributed by atoms with Crippen LogP contribution in [0.3, 0.4) is 0 Å². The summed E-state index contributed by atoms with van der Waals surface area (Å²) in [6.07, 6.45) is 2.64. The van der Waals surface area contributed by atoms with E-state index in [1.54, 1.807) is 0 Å². The Morgan fingerprint density at radius 1 is 1.14 bits per heavy atom. The highest BCUT2D eigenvalue weighted by molar-refractivity contribution is 7.89.